The van der Waals surface area contributed by atoms with Crippen molar-refractivity contribution in [2.75, 3.05) is 18.8 Å². The quantitative estimate of drug-likeness (QED) is 0.842. The van der Waals surface area contributed by atoms with E-state index in [1.807, 2.05) is 41.3 Å². The van der Waals surface area contributed by atoms with Crippen LogP contribution in [0.4, 0.5) is 5.69 Å². The molecule has 106 valence electrons. The molecule has 0 heterocycles. The van der Waals surface area contributed by atoms with Crippen molar-refractivity contribution >= 4 is 22.4 Å². The van der Waals surface area contributed by atoms with E-state index in [0.717, 1.165) is 36.7 Å². The Bertz CT molecular complexity index is 601. The number of amides is 1. The number of anilines is 1. The van der Waals surface area contributed by atoms with Crippen LogP contribution in [0.2, 0.25) is 0 Å². The number of nitrogens with zero attached hydrogens (tertiary/aromatic N) is 1. The number of hydrogen-bond acceptors (Lipinski definition) is 2. The van der Waals surface area contributed by atoms with Crippen LogP contribution in [0.15, 0.2) is 36.4 Å². The van der Waals surface area contributed by atoms with E-state index >= 15 is 0 Å². The number of nitrogens with two attached hydrogens (primary N) is 1. The highest BCUT2D eigenvalue weighted by atomic mass is 16.2. The van der Waals surface area contributed by atoms with E-state index in [2.05, 4.69) is 13.8 Å². The van der Waals surface area contributed by atoms with Gasteiger partial charge in [-0.3, -0.25) is 4.79 Å². The number of rotatable bonds is 5. The molecule has 0 fully saturated rings. The van der Waals surface area contributed by atoms with Gasteiger partial charge in [-0.25, -0.2) is 0 Å². The van der Waals surface area contributed by atoms with Crippen LogP contribution in [-0.2, 0) is 0 Å². The van der Waals surface area contributed by atoms with Gasteiger partial charge in [0.05, 0.1) is 5.56 Å². The van der Waals surface area contributed by atoms with Crippen molar-refractivity contribution in [3.05, 3.63) is 42.0 Å². The predicted molar refractivity (Wildman–Crippen MR) is 84.8 cm³/mol. The van der Waals surface area contributed by atoms with E-state index in [4.69, 9.17) is 5.73 Å². The van der Waals surface area contributed by atoms with Gasteiger partial charge in [0.2, 0.25) is 0 Å². The highest BCUT2D eigenvalue weighted by Crippen LogP contribution is 2.23. The van der Waals surface area contributed by atoms with E-state index in [-0.39, 0.29) is 5.91 Å². The zero-order chi connectivity index (χ0) is 14.5. The Kier molecular flexibility index (Phi) is 4.61. The highest BCUT2D eigenvalue weighted by Gasteiger charge is 2.17. The normalized spacial score (nSPS) is 10.7. The summed E-state index contributed by atoms with van der Waals surface area (Å²) in [5.74, 6) is 0.0388. The maximum Gasteiger partial charge on any atom is 0.255 e. The Hall–Kier alpha value is -2.03. The van der Waals surface area contributed by atoms with Crippen molar-refractivity contribution < 1.29 is 4.79 Å². The molecular formula is C17H22N2O. The number of carbonyl (C=O) groups excluding carboxylic acids is 1. The summed E-state index contributed by atoms with van der Waals surface area (Å²) in [6, 6.07) is 11.8. The van der Waals surface area contributed by atoms with Gasteiger partial charge in [0.25, 0.3) is 5.91 Å². The van der Waals surface area contributed by atoms with Crippen LogP contribution < -0.4 is 5.73 Å². The summed E-state index contributed by atoms with van der Waals surface area (Å²) in [6.07, 6.45) is 1.92. The first-order valence-corrected chi connectivity index (χ1v) is 7.25. The van der Waals surface area contributed by atoms with Crippen molar-refractivity contribution in [3.63, 3.8) is 0 Å². The second-order valence-electron chi connectivity index (χ2n) is 5.08. The molecule has 0 atom stereocenters. The van der Waals surface area contributed by atoms with Gasteiger partial charge in [0.15, 0.2) is 0 Å². The summed E-state index contributed by atoms with van der Waals surface area (Å²) in [5, 5.41) is 2.12. The molecule has 0 unspecified atom stereocenters. The minimum Gasteiger partial charge on any atom is -0.398 e. The first-order valence-electron chi connectivity index (χ1n) is 7.25. The van der Waals surface area contributed by atoms with Crippen LogP contribution in [0, 0.1) is 0 Å². The van der Waals surface area contributed by atoms with Crippen molar-refractivity contribution in [2.24, 2.45) is 0 Å². The van der Waals surface area contributed by atoms with Gasteiger partial charge < -0.3 is 10.6 Å². The molecule has 0 bridgehead atoms. The fourth-order valence-electron chi connectivity index (χ4n) is 2.47. The topological polar surface area (TPSA) is 46.3 Å². The molecule has 0 aliphatic carbocycles. The number of benzene rings is 2. The van der Waals surface area contributed by atoms with Crippen LogP contribution in [0.5, 0.6) is 0 Å². The smallest absolute Gasteiger partial charge is 0.255 e. The molecule has 2 aromatic carbocycles. The van der Waals surface area contributed by atoms with Gasteiger partial charge in [-0.2, -0.15) is 0 Å². The largest absolute Gasteiger partial charge is 0.398 e. The van der Waals surface area contributed by atoms with Gasteiger partial charge in [-0.1, -0.05) is 38.1 Å². The van der Waals surface area contributed by atoms with Gasteiger partial charge in [0, 0.05) is 18.8 Å². The Morgan fingerprint density at radius 2 is 1.60 bits per heavy atom. The molecule has 0 saturated carbocycles. The Morgan fingerprint density at radius 1 is 1.05 bits per heavy atom. The minimum atomic E-state index is 0.0388. The fraction of sp³-hybridized carbons (Fsp3) is 0.353. The van der Waals surface area contributed by atoms with Crippen LogP contribution >= 0.6 is 0 Å². The molecule has 0 saturated heterocycles. The molecule has 0 aromatic heterocycles. The van der Waals surface area contributed by atoms with Crippen molar-refractivity contribution in [1.82, 2.24) is 4.90 Å². The molecule has 2 rings (SSSR count). The van der Waals surface area contributed by atoms with Crippen molar-refractivity contribution in [2.45, 2.75) is 26.7 Å². The van der Waals surface area contributed by atoms with Crippen LogP contribution in [0.3, 0.4) is 0 Å². The lowest BCUT2D eigenvalue weighted by Crippen LogP contribution is -2.33. The Balaban J connectivity index is 2.39. The Morgan fingerprint density at radius 3 is 2.15 bits per heavy atom. The van der Waals surface area contributed by atoms with E-state index in [0.29, 0.717) is 11.3 Å². The van der Waals surface area contributed by atoms with E-state index in [1.165, 1.54) is 0 Å². The summed E-state index contributed by atoms with van der Waals surface area (Å²) < 4.78 is 0. The molecule has 0 aliphatic rings. The van der Waals surface area contributed by atoms with E-state index in [9.17, 15) is 4.79 Å². The molecule has 0 radical (unpaired) electrons. The average molecular weight is 270 g/mol. The molecule has 2 aromatic rings. The first-order chi connectivity index (χ1) is 9.67. The van der Waals surface area contributed by atoms with Gasteiger partial charge >= 0.3 is 0 Å². The van der Waals surface area contributed by atoms with Gasteiger partial charge in [0.1, 0.15) is 0 Å². The molecule has 0 spiro atoms. The summed E-state index contributed by atoms with van der Waals surface area (Å²) in [4.78, 5) is 14.5. The lowest BCUT2D eigenvalue weighted by atomic mass is 10.0. The zero-order valence-corrected chi connectivity index (χ0v) is 12.2. The zero-order valence-electron chi connectivity index (χ0n) is 12.2. The standard InChI is InChI=1S/C17H22N2O/c1-3-9-19(10-4-2)17(20)15-11-13-7-5-6-8-14(13)12-16(15)18/h5-8,11-12H,3-4,9-10,18H2,1-2H3. The molecular weight excluding hydrogens is 248 g/mol. The summed E-state index contributed by atoms with van der Waals surface area (Å²) >= 11 is 0. The van der Waals surface area contributed by atoms with Gasteiger partial charge in [-0.15, -0.1) is 0 Å². The second kappa shape index (κ2) is 6.42. The monoisotopic (exact) mass is 270 g/mol. The third-order valence-electron chi connectivity index (χ3n) is 3.42. The molecule has 2 N–H and O–H groups in total. The SMILES string of the molecule is CCCN(CCC)C(=O)c1cc2ccccc2cc1N. The molecule has 20 heavy (non-hydrogen) atoms. The van der Waals surface area contributed by atoms with Crippen molar-refractivity contribution in [1.29, 1.82) is 0 Å². The van der Waals surface area contributed by atoms with Gasteiger partial charge in [-0.05, 0) is 35.7 Å². The number of carbonyl (C=O) groups is 1. The first kappa shape index (κ1) is 14.4. The molecule has 3 heteroatoms. The second-order valence-corrected chi connectivity index (χ2v) is 5.08. The molecule has 0 aliphatic heterocycles. The summed E-state index contributed by atoms with van der Waals surface area (Å²) in [6.45, 7) is 5.72. The third kappa shape index (κ3) is 2.93. The fourth-order valence-corrected chi connectivity index (χ4v) is 2.47. The lowest BCUT2D eigenvalue weighted by Gasteiger charge is -2.22. The number of fused-ring (bicyclic) bond motifs is 1. The maximum atomic E-state index is 12.6. The summed E-state index contributed by atoms with van der Waals surface area (Å²) in [7, 11) is 0. The lowest BCUT2D eigenvalue weighted by molar-refractivity contribution is 0.0757. The molecule has 1 amide bonds. The third-order valence-corrected chi connectivity index (χ3v) is 3.42. The van der Waals surface area contributed by atoms with Crippen LogP contribution in [-0.4, -0.2) is 23.9 Å². The average Bonchev–Trinajstić information content (AvgIpc) is 2.45. The predicted octanol–water partition coefficient (Wildman–Crippen LogP) is 3.68. The van der Waals surface area contributed by atoms with E-state index in [1.54, 1.807) is 0 Å². The maximum absolute atomic E-state index is 12.6. The number of nitrogen functional groups attached to an aromatic ring is 1. The van der Waals surface area contributed by atoms with Crippen molar-refractivity contribution in [3.8, 4) is 0 Å². The minimum absolute atomic E-state index is 0.0388. The van der Waals surface area contributed by atoms with Crippen LogP contribution in [0.1, 0.15) is 37.0 Å². The van der Waals surface area contributed by atoms with Crippen LogP contribution in [0.25, 0.3) is 10.8 Å². The summed E-state index contributed by atoms with van der Waals surface area (Å²) in [5.41, 5.74) is 7.25. The number of hydrogen-bond donors (Lipinski definition) is 1. The Labute approximate surface area is 120 Å². The highest BCUT2D eigenvalue weighted by molar-refractivity contribution is 6.03. The molecule has 3 nitrogen and oxygen atoms in total. The van der Waals surface area contributed by atoms with E-state index < -0.39 is 0 Å².